The second kappa shape index (κ2) is 10.1. The lowest BCUT2D eigenvalue weighted by atomic mass is 10.1. The first-order valence-electron chi connectivity index (χ1n) is 11.2. The van der Waals surface area contributed by atoms with Crippen molar-refractivity contribution in [2.45, 2.75) is 30.9 Å². The Hall–Kier alpha value is -3.91. The zero-order valence-corrected chi connectivity index (χ0v) is 19.9. The second-order valence-corrected chi connectivity index (χ2v) is 9.08. The molecule has 1 amide bonds. The number of hydrogen-bond donors (Lipinski definition) is 1. The van der Waals surface area contributed by atoms with Gasteiger partial charge in [-0.05, 0) is 66.6 Å². The van der Waals surface area contributed by atoms with Crippen molar-refractivity contribution < 1.29 is 13.6 Å². The smallest absolute Gasteiger partial charge is 0.251 e. The number of pyridine rings is 1. The number of aromatic nitrogens is 3. The first kappa shape index (κ1) is 22.9. The summed E-state index contributed by atoms with van der Waals surface area (Å²) >= 11 is 1.58. The number of imidazole rings is 1. The third-order valence-electron chi connectivity index (χ3n) is 5.50. The molecule has 0 atom stereocenters. The van der Waals surface area contributed by atoms with Crippen molar-refractivity contribution in [2.24, 2.45) is 0 Å². The van der Waals surface area contributed by atoms with E-state index in [0.717, 1.165) is 39.0 Å². The van der Waals surface area contributed by atoms with Crippen molar-refractivity contribution in [3.05, 3.63) is 113 Å². The SMILES string of the molecule is Cc1ccc(CNC(=O)c2ccc(CSc3nc4cccnc4n3Cc3cccc(F)c3)cc2)o1. The molecule has 5 aromatic rings. The number of furan rings is 1. The summed E-state index contributed by atoms with van der Waals surface area (Å²) in [6.45, 7) is 2.69. The van der Waals surface area contributed by atoms with E-state index in [-0.39, 0.29) is 11.7 Å². The van der Waals surface area contributed by atoms with E-state index in [1.807, 2.05) is 66.1 Å². The van der Waals surface area contributed by atoms with Crippen molar-refractivity contribution >= 4 is 28.8 Å². The molecule has 2 aromatic carbocycles. The Bertz CT molecular complexity index is 1480. The normalized spacial score (nSPS) is 11.1. The van der Waals surface area contributed by atoms with Crippen LogP contribution in [0.25, 0.3) is 11.2 Å². The number of aryl methyl sites for hydroxylation is 1. The monoisotopic (exact) mass is 486 g/mol. The van der Waals surface area contributed by atoms with E-state index in [2.05, 4.69) is 10.3 Å². The summed E-state index contributed by atoms with van der Waals surface area (Å²) in [5.74, 6) is 1.79. The molecule has 5 rings (SSSR count). The Kier molecular flexibility index (Phi) is 6.63. The molecule has 176 valence electrons. The molecule has 0 aliphatic heterocycles. The molecule has 35 heavy (non-hydrogen) atoms. The van der Waals surface area contributed by atoms with Crippen LogP contribution in [0.5, 0.6) is 0 Å². The third kappa shape index (κ3) is 5.44. The molecule has 0 fully saturated rings. The summed E-state index contributed by atoms with van der Waals surface area (Å²) in [4.78, 5) is 21.7. The molecule has 1 N–H and O–H groups in total. The van der Waals surface area contributed by atoms with Gasteiger partial charge < -0.3 is 9.73 Å². The molecule has 0 unspecified atom stereocenters. The van der Waals surface area contributed by atoms with E-state index in [1.165, 1.54) is 12.1 Å². The molecule has 0 aliphatic carbocycles. The summed E-state index contributed by atoms with van der Waals surface area (Å²) in [6, 6.07) is 21.6. The summed E-state index contributed by atoms with van der Waals surface area (Å²) < 4.78 is 21.2. The van der Waals surface area contributed by atoms with Gasteiger partial charge >= 0.3 is 0 Å². The van der Waals surface area contributed by atoms with E-state index >= 15 is 0 Å². The van der Waals surface area contributed by atoms with E-state index in [9.17, 15) is 9.18 Å². The van der Waals surface area contributed by atoms with E-state index in [0.29, 0.717) is 24.4 Å². The lowest BCUT2D eigenvalue weighted by Crippen LogP contribution is -2.22. The van der Waals surface area contributed by atoms with Gasteiger partial charge in [-0.3, -0.25) is 9.36 Å². The van der Waals surface area contributed by atoms with Gasteiger partial charge in [-0.2, -0.15) is 0 Å². The number of rotatable bonds is 8. The fourth-order valence-corrected chi connectivity index (χ4v) is 4.72. The first-order valence-corrected chi connectivity index (χ1v) is 12.1. The lowest BCUT2D eigenvalue weighted by Gasteiger charge is -2.09. The molecule has 0 saturated heterocycles. The van der Waals surface area contributed by atoms with Gasteiger partial charge in [-0.1, -0.05) is 36.0 Å². The van der Waals surface area contributed by atoms with Gasteiger partial charge in [0.05, 0.1) is 13.1 Å². The Balaban J connectivity index is 1.27. The molecule has 0 spiro atoms. The van der Waals surface area contributed by atoms with Gasteiger partial charge in [0.1, 0.15) is 22.9 Å². The second-order valence-electron chi connectivity index (χ2n) is 8.14. The number of halogens is 1. The maximum atomic E-state index is 13.7. The fraction of sp³-hybridized carbons (Fsp3) is 0.148. The first-order chi connectivity index (χ1) is 17.0. The number of amides is 1. The van der Waals surface area contributed by atoms with E-state index in [1.54, 1.807) is 24.0 Å². The molecule has 3 aromatic heterocycles. The summed E-state index contributed by atoms with van der Waals surface area (Å²) in [6.07, 6.45) is 1.73. The maximum Gasteiger partial charge on any atom is 0.251 e. The van der Waals surface area contributed by atoms with Gasteiger partial charge in [0.2, 0.25) is 0 Å². The summed E-state index contributed by atoms with van der Waals surface area (Å²) in [5, 5.41) is 3.67. The lowest BCUT2D eigenvalue weighted by molar-refractivity contribution is 0.0948. The van der Waals surface area contributed by atoms with Crippen LogP contribution in [-0.2, 0) is 18.8 Å². The summed E-state index contributed by atoms with van der Waals surface area (Å²) in [7, 11) is 0. The van der Waals surface area contributed by atoms with Gasteiger partial charge in [0, 0.05) is 17.5 Å². The number of benzene rings is 2. The van der Waals surface area contributed by atoms with Crippen LogP contribution in [0, 0.1) is 12.7 Å². The molecular weight excluding hydrogens is 463 g/mol. The Labute approximate surface area is 206 Å². The van der Waals surface area contributed by atoms with Crippen LogP contribution in [0.4, 0.5) is 4.39 Å². The Morgan fingerprint density at radius 2 is 1.91 bits per heavy atom. The third-order valence-corrected chi connectivity index (χ3v) is 6.55. The number of carbonyl (C=O) groups excluding carboxylic acids is 1. The number of hydrogen-bond acceptors (Lipinski definition) is 5. The predicted octanol–water partition coefficient (Wildman–Crippen LogP) is 5.74. The van der Waals surface area contributed by atoms with Crippen LogP contribution in [0.1, 0.15) is 33.0 Å². The minimum atomic E-state index is -0.266. The zero-order valence-electron chi connectivity index (χ0n) is 19.1. The quantitative estimate of drug-likeness (QED) is 0.283. The number of nitrogens with zero attached hydrogens (tertiary/aromatic N) is 3. The van der Waals surface area contributed by atoms with Crippen molar-refractivity contribution in [1.82, 2.24) is 19.9 Å². The molecule has 3 heterocycles. The largest absolute Gasteiger partial charge is 0.465 e. The fourth-order valence-electron chi connectivity index (χ4n) is 3.76. The number of carbonyl (C=O) groups is 1. The highest BCUT2D eigenvalue weighted by Gasteiger charge is 2.14. The van der Waals surface area contributed by atoms with Gasteiger partial charge in [0.25, 0.3) is 5.91 Å². The van der Waals surface area contributed by atoms with Crippen LogP contribution in [0.15, 0.2) is 88.6 Å². The van der Waals surface area contributed by atoms with Gasteiger partial charge in [0.15, 0.2) is 10.8 Å². The van der Waals surface area contributed by atoms with Crippen molar-refractivity contribution in [3.63, 3.8) is 0 Å². The maximum absolute atomic E-state index is 13.7. The van der Waals surface area contributed by atoms with Crippen molar-refractivity contribution in [3.8, 4) is 0 Å². The molecule has 8 heteroatoms. The van der Waals surface area contributed by atoms with E-state index in [4.69, 9.17) is 9.40 Å². The minimum Gasteiger partial charge on any atom is -0.465 e. The molecular formula is C27H23FN4O2S. The van der Waals surface area contributed by atoms with Crippen LogP contribution in [-0.4, -0.2) is 20.4 Å². The molecule has 0 bridgehead atoms. The average Bonchev–Trinajstić information content (AvgIpc) is 3.44. The van der Waals surface area contributed by atoms with Gasteiger partial charge in [-0.25, -0.2) is 14.4 Å². The van der Waals surface area contributed by atoms with E-state index < -0.39 is 0 Å². The minimum absolute atomic E-state index is 0.152. The molecule has 0 saturated carbocycles. The van der Waals surface area contributed by atoms with Crippen LogP contribution in [0.2, 0.25) is 0 Å². The van der Waals surface area contributed by atoms with Crippen LogP contribution < -0.4 is 5.32 Å². The number of nitrogens with one attached hydrogen (secondary N) is 1. The van der Waals surface area contributed by atoms with Crippen LogP contribution >= 0.6 is 11.8 Å². The summed E-state index contributed by atoms with van der Waals surface area (Å²) in [5.41, 5.74) is 4.05. The highest BCUT2D eigenvalue weighted by atomic mass is 32.2. The molecule has 0 aliphatic rings. The molecule has 0 radical (unpaired) electrons. The number of fused-ring (bicyclic) bond motifs is 1. The Morgan fingerprint density at radius 3 is 2.69 bits per heavy atom. The van der Waals surface area contributed by atoms with Gasteiger partial charge in [-0.15, -0.1) is 0 Å². The topological polar surface area (TPSA) is 73.0 Å². The van der Waals surface area contributed by atoms with Crippen molar-refractivity contribution in [2.75, 3.05) is 0 Å². The van der Waals surface area contributed by atoms with Crippen molar-refractivity contribution in [1.29, 1.82) is 0 Å². The molecule has 6 nitrogen and oxygen atoms in total. The predicted molar refractivity (Wildman–Crippen MR) is 134 cm³/mol. The van der Waals surface area contributed by atoms with Crippen LogP contribution in [0.3, 0.4) is 0 Å². The highest BCUT2D eigenvalue weighted by Crippen LogP contribution is 2.27. The highest BCUT2D eigenvalue weighted by molar-refractivity contribution is 7.98. The number of thioether (sulfide) groups is 1. The average molecular weight is 487 g/mol. The standard InChI is InChI=1S/C27H23FN4O2S/c1-18-7-12-23(34-18)15-30-26(33)21-10-8-19(9-11-21)17-35-27-31-24-6-3-13-29-25(24)32(27)16-20-4-2-5-22(28)14-20/h2-14H,15-17H2,1H3,(H,30,33). The Morgan fingerprint density at radius 1 is 1.06 bits per heavy atom. The zero-order chi connectivity index (χ0) is 24.2.